The van der Waals surface area contributed by atoms with E-state index in [2.05, 4.69) is 22.1 Å². The summed E-state index contributed by atoms with van der Waals surface area (Å²) in [6.07, 6.45) is 8.41. The van der Waals surface area contributed by atoms with Crippen molar-refractivity contribution in [3.05, 3.63) is 59.7 Å². The summed E-state index contributed by atoms with van der Waals surface area (Å²) in [7, 11) is 0. The summed E-state index contributed by atoms with van der Waals surface area (Å²) in [6, 6.07) is 7.95. The molecule has 2 aromatic rings. The van der Waals surface area contributed by atoms with Crippen LogP contribution in [0.5, 0.6) is 0 Å². The minimum atomic E-state index is -0.0178. The van der Waals surface area contributed by atoms with Crippen molar-refractivity contribution in [2.75, 3.05) is 0 Å². The Bertz CT molecular complexity index is 544. The van der Waals surface area contributed by atoms with Crippen molar-refractivity contribution in [2.45, 2.75) is 25.2 Å². The summed E-state index contributed by atoms with van der Waals surface area (Å²) in [5, 5.41) is 0. The number of rotatable bonds is 3. The summed E-state index contributed by atoms with van der Waals surface area (Å²) in [4.78, 5) is 19.9. The second-order valence-corrected chi connectivity index (χ2v) is 4.71. The third kappa shape index (κ3) is 2.04. The number of carbonyl (C=O) groups is 1. The fourth-order valence-electron chi connectivity index (χ4n) is 2.23. The van der Waals surface area contributed by atoms with Gasteiger partial charge >= 0.3 is 0 Å². The number of carbonyl (C=O) groups excluding carboxylic acids is 1. The fraction of sp³-hybridized carbons (Fsp3) is 0.267. The molecule has 1 aromatic carbocycles. The topological polar surface area (TPSA) is 42.9 Å². The van der Waals surface area contributed by atoms with Crippen LogP contribution >= 0.6 is 0 Å². The third-order valence-electron chi connectivity index (χ3n) is 3.57. The predicted molar refractivity (Wildman–Crippen MR) is 68.5 cm³/mol. The van der Waals surface area contributed by atoms with Crippen LogP contribution in [0.2, 0.25) is 0 Å². The van der Waals surface area contributed by atoms with Gasteiger partial charge in [-0.2, -0.15) is 0 Å². The van der Waals surface area contributed by atoms with Crippen molar-refractivity contribution in [1.82, 2.24) is 9.97 Å². The van der Waals surface area contributed by atoms with E-state index >= 15 is 0 Å². The van der Waals surface area contributed by atoms with Crippen molar-refractivity contribution >= 4 is 5.78 Å². The molecule has 0 spiro atoms. The minimum absolute atomic E-state index is 0.0178. The monoisotopic (exact) mass is 238 g/mol. The molecule has 0 aliphatic heterocycles. The number of hydrogen-bond donors (Lipinski definition) is 0. The number of ketones is 1. The molecule has 1 aliphatic carbocycles. The van der Waals surface area contributed by atoms with Crippen LogP contribution < -0.4 is 0 Å². The highest BCUT2D eigenvalue weighted by atomic mass is 16.1. The van der Waals surface area contributed by atoms with E-state index in [0.717, 1.165) is 0 Å². The lowest BCUT2D eigenvalue weighted by Crippen LogP contribution is -2.09. The van der Waals surface area contributed by atoms with Crippen molar-refractivity contribution in [3.8, 4) is 0 Å². The Morgan fingerprint density at radius 2 is 1.67 bits per heavy atom. The molecule has 0 N–H and O–H groups in total. The zero-order chi connectivity index (χ0) is 12.4. The van der Waals surface area contributed by atoms with Gasteiger partial charge in [0.05, 0.1) is 5.56 Å². The van der Waals surface area contributed by atoms with E-state index in [9.17, 15) is 4.79 Å². The van der Waals surface area contributed by atoms with Gasteiger partial charge in [0.1, 0.15) is 6.33 Å². The molecule has 0 atom stereocenters. The zero-order valence-electron chi connectivity index (χ0n) is 10.0. The number of nitrogens with zero attached hydrogens (tertiary/aromatic N) is 2. The highest BCUT2D eigenvalue weighted by Crippen LogP contribution is 2.36. The van der Waals surface area contributed by atoms with Gasteiger partial charge in [0.25, 0.3) is 0 Å². The quantitative estimate of drug-likeness (QED) is 0.772. The maximum Gasteiger partial charge on any atom is 0.196 e. The molecule has 1 heterocycles. The molecule has 1 saturated carbocycles. The highest BCUT2D eigenvalue weighted by Gasteiger charge is 2.19. The Hall–Kier alpha value is -2.03. The maximum absolute atomic E-state index is 12.1. The van der Waals surface area contributed by atoms with Crippen LogP contribution in [0.4, 0.5) is 0 Å². The van der Waals surface area contributed by atoms with Crippen molar-refractivity contribution in [2.24, 2.45) is 0 Å². The molecular formula is C15H14N2O. The van der Waals surface area contributed by atoms with E-state index in [4.69, 9.17) is 0 Å². The van der Waals surface area contributed by atoms with Crippen LogP contribution in [0.15, 0.2) is 43.0 Å². The van der Waals surface area contributed by atoms with Crippen molar-refractivity contribution in [3.63, 3.8) is 0 Å². The van der Waals surface area contributed by atoms with Gasteiger partial charge in [-0.3, -0.25) is 4.79 Å². The average Bonchev–Trinajstić information content (AvgIpc) is 2.38. The van der Waals surface area contributed by atoms with Gasteiger partial charge in [-0.25, -0.2) is 9.97 Å². The second kappa shape index (κ2) is 4.69. The number of aromatic nitrogens is 2. The van der Waals surface area contributed by atoms with E-state index in [1.165, 1.54) is 31.2 Å². The minimum Gasteiger partial charge on any atom is -0.288 e. The Morgan fingerprint density at radius 3 is 2.22 bits per heavy atom. The summed E-state index contributed by atoms with van der Waals surface area (Å²) in [5.74, 6) is 0.685. The lowest BCUT2D eigenvalue weighted by Gasteiger charge is -2.25. The maximum atomic E-state index is 12.1. The van der Waals surface area contributed by atoms with Gasteiger partial charge in [0.2, 0.25) is 0 Å². The first-order chi connectivity index (χ1) is 8.84. The van der Waals surface area contributed by atoms with E-state index in [-0.39, 0.29) is 5.78 Å². The Labute approximate surface area is 106 Å². The number of benzene rings is 1. The van der Waals surface area contributed by atoms with E-state index in [0.29, 0.717) is 17.0 Å². The van der Waals surface area contributed by atoms with Crippen LogP contribution in [-0.2, 0) is 0 Å². The van der Waals surface area contributed by atoms with Crippen LogP contribution in [0.25, 0.3) is 0 Å². The van der Waals surface area contributed by atoms with Gasteiger partial charge in [0, 0.05) is 18.0 Å². The molecule has 3 rings (SSSR count). The van der Waals surface area contributed by atoms with Gasteiger partial charge < -0.3 is 0 Å². The first-order valence-electron chi connectivity index (χ1n) is 6.24. The van der Waals surface area contributed by atoms with Gasteiger partial charge in [-0.15, -0.1) is 0 Å². The lowest BCUT2D eigenvalue weighted by molar-refractivity contribution is 0.103. The Morgan fingerprint density at radius 1 is 1.00 bits per heavy atom. The lowest BCUT2D eigenvalue weighted by atomic mass is 9.80. The molecule has 1 aromatic heterocycles. The molecular weight excluding hydrogens is 224 g/mol. The Kier molecular flexibility index (Phi) is 2.89. The summed E-state index contributed by atoms with van der Waals surface area (Å²) in [6.45, 7) is 0. The summed E-state index contributed by atoms with van der Waals surface area (Å²) in [5.41, 5.74) is 2.59. The first kappa shape index (κ1) is 11.1. The molecule has 0 saturated heterocycles. The third-order valence-corrected chi connectivity index (χ3v) is 3.57. The average molecular weight is 238 g/mol. The van der Waals surface area contributed by atoms with Crippen LogP contribution in [0, 0.1) is 0 Å². The summed E-state index contributed by atoms with van der Waals surface area (Å²) < 4.78 is 0. The smallest absolute Gasteiger partial charge is 0.196 e. The molecule has 0 unspecified atom stereocenters. The van der Waals surface area contributed by atoms with Gasteiger partial charge in [-0.05, 0) is 24.3 Å². The summed E-state index contributed by atoms with van der Waals surface area (Å²) >= 11 is 0. The molecule has 0 amide bonds. The molecule has 1 fully saturated rings. The molecule has 90 valence electrons. The molecule has 3 nitrogen and oxygen atoms in total. The number of hydrogen-bond acceptors (Lipinski definition) is 3. The zero-order valence-corrected chi connectivity index (χ0v) is 10.0. The second-order valence-electron chi connectivity index (χ2n) is 4.71. The molecule has 0 bridgehead atoms. The molecule has 3 heteroatoms. The van der Waals surface area contributed by atoms with Crippen molar-refractivity contribution < 1.29 is 4.79 Å². The predicted octanol–water partition coefficient (Wildman–Crippen LogP) is 2.98. The normalized spacial score (nSPS) is 15.1. The SMILES string of the molecule is O=C(c1ccc(C2CCC2)cc1)c1cncnc1. The standard InChI is InChI=1S/C15H14N2O/c18-15(14-8-16-10-17-9-14)13-6-4-12(5-7-13)11-2-1-3-11/h4-11H,1-3H2. The largest absolute Gasteiger partial charge is 0.288 e. The van der Waals surface area contributed by atoms with Crippen molar-refractivity contribution in [1.29, 1.82) is 0 Å². The van der Waals surface area contributed by atoms with Gasteiger partial charge in [0.15, 0.2) is 5.78 Å². The molecule has 0 radical (unpaired) electrons. The highest BCUT2D eigenvalue weighted by molar-refractivity contribution is 6.08. The van der Waals surface area contributed by atoms with Crippen LogP contribution in [0.3, 0.4) is 0 Å². The van der Waals surface area contributed by atoms with Crippen LogP contribution in [0.1, 0.15) is 46.7 Å². The van der Waals surface area contributed by atoms with E-state index < -0.39 is 0 Å². The van der Waals surface area contributed by atoms with E-state index in [1.807, 2.05) is 12.1 Å². The van der Waals surface area contributed by atoms with Crippen LogP contribution in [-0.4, -0.2) is 15.8 Å². The molecule has 1 aliphatic rings. The van der Waals surface area contributed by atoms with E-state index in [1.54, 1.807) is 12.4 Å². The van der Waals surface area contributed by atoms with Gasteiger partial charge in [-0.1, -0.05) is 30.7 Å². The molecule has 18 heavy (non-hydrogen) atoms. The first-order valence-corrected chi connectivity index (χ1v) is 6.24. The fourth-order valence-corrected chi connectivity index (χ4v) is 2.23. The Balaban J connectivity index is 1.82.